The van der Waals surface area contributed by atoms with E-state index in [-0.39, 0.29) is 18.4 Å². The van der Waals surface area contributed by atoms with Crippen LogP contribution in [-0.2, 0) is 14.3 Å². The van der Waals surface area contributed by atoms with Gasteiger partial charge in [-0.25, -0.2) is 9.59 Å². The van der Waals surface area contributed by atoms with E-state index >= 15 is 0 Å². The van der Waals surface area contributed by atoms with E-state index in [1.807, 2.05) is 24.3 Å². The molecule has 1 saturated heterocycles. The molecule has 1 aliphatic carbocycles. The van der Waals surface area contributed by atoms with Crippen molar-refractivity contribution in [3.05, 3.63) is 59.7 Å². The molecular weight excluding hydrogens is 408 g/mol. The number of hydrogen-bond acceptors (Lipinski definition) is 4. The number of likely N-dealkylation sites (tertiary alicyclic amines) is 1. The van der Waals surface area contributed by atoms with Crippen molar-refractivity contribution >= 4 is 18.0 Å². The lowest BCUT2D eigenvalue weighted by atomic mass is 9.98. The number of nitrogens with zero attached hydrogens (tertiary/aromatic N) is 1. The first-order valence-corrected chi connectivity index (χ1v) is 11.0. The summed E-state index contributed by atoms with van der Waals surface area (Å²) >= 11 is 0. The van der Waals surface area contributed by atoms with Crippen LogP contribution in [0.1, 0.15) is 43.7 Å². The monoisotopic (exact) mass is 436 g/mol. The number of aliphatic carboxylic acids is 1. The second kappa shape index (κ2) is 9.02. The van der Waals surface area contributed by atoms with Gasteiger partial charge in [-0.15, -0.1) is 0 Å². The third-order valence-electron chi connectivity index (χ3n) is 6.65. The predicted molar refractivity (Wildman–Crippen MR) is 119 cm³/mol. The fraction of sp³-hybridized carbons (Fsp3) is 0.400. The second-order valence-electron chi connectivity index (χ2n) is 8.58. The van der Waals surface area contributed by atoms with Gasteiger partial charge in [0.2, 0.25) is 5.91 Å². The SMILES string of the molecule is CC(NC(=O)OCC1c2ccccc2-c2ccccc21)C(C)C(=O)N1CCCC1C(=O)O. The van der Waals surface area contributed by atoms with Gasteiger partial charge in [0.25, 0.3) is 0 Å². The number of amides is 2. The number of rotatable bonds is 6. The molecule has 2 N–H and O–H groups in total. The van der Waals surface area contributed by atoms with Gasteiger partial charge in [-0.1, -0.05) is 55.5 Å². The molecule has 0 spiro atoms. The van der Waals surface area contributed by atoms with E-state index in [2.05, 4.69) is 29.6 Å². The molecule has 0 saturated carbocycles. The normalized spacial score (nSPS) is 19.1. The molecule has 168 valence electrons. The van der Waals surface area contributed by atoms with Gasteiger partial charge in [-0.3, -0.25) is 4.79 Å². The Hall–Kier alpha value is -3.35. The van der Waals surface area contributed by atoms with Crippen LogP contribution in [0, 0.1) is 5.92 Å². The van der Waals surface area contributed by atoms with Gasteiger partial charge in [0, 0.05) is 18.5 Å². The molecule has 2 aromatic rings. The lowest BCUT2D eigenvalue weighted by Crippen LogP contribution is -2.49. The molecular formula is C25H28N2O5. The van der Waals surface area contributed by atoms with Gasteiger partial charge in [0.15, 0.2) is 0 Å². The Morgan fingerprint density at radius 2 is 1.66 bits per heavy atom. The highest BCUT2D eigenvalue weighted by Crippen LogP contribution is 2.44. The van der Waals surface area contributed by atoms with Crippen LogP contribution >= 0.6 is 0 Å². The van der Waals surface area contributed by atoms with Crippen molar-refractivity contribution in [2.24, 2.45) is 5.92 Å². The summed E-state index contributed by atoms with van der Waals surface area (Å²) < 4.78 is 5.56. The molecule has 2 aromatic carbocycles. The van der Waals surface area contributed by atoms with Crippen LogP contribution in [0.5, 0.6) is 0 Å². The smallest absolute Gasteiger partial charge is 0.407 e. The maximum atomic E-state index is 12.8. The van der Waals surface area contributed by atoms with Gasteiger partial charge in [-0.05, 0) is 42.0 Å². The Bertz CT molecular complexity index is 991. The van der Waals surface area contributed by atoms with E-state index in [1.165, 1.54) is 4.90 Å². The van der Waals surface area contributed by atoms with E-state index in [0.29, 0.717) is 19.4 Å². The first-order chi connectivity index (χ1) is 15.4. The van der Waals surface area contributed by atoms with Crippen LogP contribution in [0.25, 0.3) is 11.1 Å². The van der Waals surface area contributed by atoms with Crippen molar-refractivity contribution < 1.29 is 24.2 Å². The third-order valence-corrected chi connectivity index (χ3v) is 6.65. The number of carboxylic acid groups (broad SMARTS) is 1. The van der Waals surface area contributed by atoms with Gasteiger partial charge < -0.3 is 20.1 Å². The van der Waals surface area contributed by atoms with Crippen molar-refractivity contribution in [2.45, 2.75) is 44.7 Å². The van der Waals surface area contributed by atoms with Crippen molar-refractivity contribution in [3.8, 4) is 11.1 Å². The highest BCUT2D eigenvalue weighted by atomic mass is 16.5. The lowest BCUT2D eigenvalue weighted by Gasteiger charge is -2.28. The zero-order valence-corrected chi connectivity index (χ0v) is 18.3. The highest BCUT2D eigenvalue weighted by Gasteiger charge is 2.37. The molecule has 1 fully saturated rings. The Morgan fingerprint density at radius 3 is 2.25 bits per heavy atom. The van der Waals surface area contributed by atoms with Crippen LogP contribution < -0.4 is 5.32 Å². The molecule has 0 bridgehead atoms. The highest BCUT2D eigenvalue weighted by molar-refractivity contribution is 5.86. The minimum absolute atomic E-state index is 0.0385. The Kier molecular flexibility index (Phi) is 6.17. The molecule has 7 nitrogen and oxygen atoms in total. The maximum absolute atomic E-state index is 12.8. The van der Waals surface area contributed by atoms with Gasteiger partial charge in [-0.2, -0.15) is 0 Å². The number of nitrogens with one attached hydrogen (secondary N) is 1. The summed E-state index contributed by atoms with van der Waals surface area (Å²) in [6.07, 6.45) is 0.543. The average molecular weight is 437 g/mol. The number of ether oxygens (including phenoxy) is 1. The van der Waals surface area contributed by atoms with E-state index < -0.39 is 30.1 Å². The molecule has 32 heavy (non-hydrogen) atoms. The van der Waals surface area contributed by atoms with Crippen molar-refractivity contribution in [1.82, 2.24) is 10.2 Å². The fourth-order valence-electron chi connectivity index (χ4n) is 4.71. The fourth-order valence-corrected chi connectivity index (χ4v) is 4.71. The van der Waals surface area contributed by atoms with Crippen LogP contribution in [0.15, 0.2) is 48.5 Å². The maximum Gasteiger partial charge on any atom is 0.407 e. The molecule has 2 aliphatic rings. The molecule has 2 amide bonds. The van der Waals surface area contributed by atoms with Crippen LogP contribution in [0.3, 0.4) is 0 Å². The first kappa shape index (κ1) is 21.9. The Morgan fingerprint density at radius 1 is 1.06 bits per heavy atom. The predicted octanol–water partition coefficient (Wildman–Crippen LogP) is 3.63. The summed E-state index contributed by atoms with van der Waals surface area (Å²) in [5, 5.41) is 12.1. The largest absolute Gasteiger partial charge is 0.480 e. The van der Waals surface area contributed by atoms with Gasteiger partial charge in [0.05, 0.1) is 5.92 Å². The van der Waals surface area contributed by atoms with Crippen molar-refractivity contribution in [3.63, 3.8) is 0 Å². The zero-order chi connectivity index (χ0) is 22.8. The van der Waals surface area contributed by atoms with E-state index in [4.69, 9.17) is 4.74 Å². The molecule has 7 heteroatoms. The van der Waals surface area contributed by atoms with Crippen LogP contribution in [0.2, 0.25) is 0 Å². The standard InChI is InChI=1S/C25H28N2O5/c1-15(23(28)27-13-7-12-22(27)24(29)30)16(2)26-25(31)32-14-21-19-10-5-3-8-17(19)18-9-4-6-11-20(18)21/h3-6,8-11,15-16,21-22H,7,12-14H2,1-2H3,(H,26,31)(H,29,30). The Labute approximate surface area is 187 Å². The average Bonchev–Trinajstić information content (AvgIpc) is 3.40. The quantitative estimate of drug-likeness (QED) is 0.721. The van der Waals surface area contributed by atoms with Gasteiger partial charge >= 0.3 is 12.1 Å². The summed E-state index contributed by atoms with van der Waals surface area (Å²) in [5.41, 5.74) is 4.57. The molecule has 4 rings (SSSR count). The van der Waals surface area contributed by atoms with E-state index in [9.17, 15) is 19.5 Å². The summed E-state index contributed by atoms with van der Waals surface area (Å²) in [4.78, 5) is 38.1. The minimum atomic E-state index is -0.986. The number of carboxylic acids is 1. The third kappa shape index (κ3) is 4.07. The number of hydrogen-bond donors (Lipinski definition) is 2. The first-order valence-electron chi connectivity index (χ1n) is 11.0. The lowest BCUT2D eigenvalue weighted by molar-refractivity contribution is -0.150. The number of carbonyl (C=O) groups is 3. The molecule has 1 heterocycles. The van der Waals surface area contributed by atoms with E-state index in [1.54, 1.807) is 13.8 Å². The number of alkyl carbamates (subject to hydrolysis) is 1. The van der Waals surface area contributed by atoms with Crippen molar-refractivity contribution in [1.29, 1.82) is 0 Å². The molecule has 3 atom stereocenters. The van der Waals surface area contributed by atoms with Crippen molar-refractivity contribution in [2.75, 3.05) is 13.2 Å². The molecule has 0 radical (unpaired) electrons. The Balaban J connectivity index is 1.36. The molecule has 0 aromatic heterocycles. The summed E-state index contributed by atoms with van der Waals surface area (Å²) in [7, 11) is 0. The van der Waals surface area contributed by atoms with Crippen LogP contribution in [0.4, 0.5) is 4.79 Å². The number of fused-ring (bicyclic) bond motifs is 3. The summed E-state index contributed by atoms with van der Waals surface area (Å²) in [6, 6.07) is 14.9. The molecule has 3 unspecified atom stereocenters. The topological polar surface area (TPSA) is 95.9 Å². The van der Waals surface area contributed by atoms with E-state index in [0.717, 1.165) is 22.3 Å². The minimum Gasteiger partial charge on any atom is -0.480 e. The summed E-state index contributed by atoms with van der Waals surface area (Å²) in [6.45, 7) is 4.06. The number of carbonyl (C=O) groups excluding carboxylic acids is 2. The zero-order valence-electron chi connectivity index (χ0n) is 18.3. The second-order valence-corrected chi connectivity index (χ2v) is 8.58. The number of benzene rings is 2. The molecule has 1 aliphatic heterocycles. The van der Waals surface area contributed by atoms with Crippen LogP contribution in [-0.4, -0.2) is 53.2 Å². The van der Waals surface area contributed by atoms with Gasteiger partial charge in [0.1, 0.15) is 12.6 Å². The summed E-state index contributed by atoms with van der Waals surface area (Å²) in [5.74, 6) is -1.85.